The van der Waals surface area contributed by atoms with Crippen LogP contribution in [0.5, 0.6) is 0 Å². The normalized spacial score (nSPS) is 16.3. The second-order valence-electron chi connectivity index (χ2n) is 5.69. The van der Waals surface area contributed by atoms with E-state index in [-0.39, 0.29) is 24.4 Å². The van der Waals surface area contributed by atoms with Gasteiger partial charge >= 0.3 is 0 Å². The van der Waals surface area contributed by atoms with E-state index in [2.05, 4.69) is 5.32 Å². The number of aryl methyl sites for hydroxylation is 2. The molecule has 0 radical (unpaired) electrons. The van der Waals surface area contributed by atoms with Crippen molar-refractivity contribution in [3.8, 4) is 0 Å². The van der Waals surface area contributed by atoms with Gasteiger partial charge in [0.25, 0.3) is 5.91 Å². The Hall–Kier alpha value is -2.00. The van der Waals surface area contributed by atoms with Crippen LogP contribution >= 0.6 is 12.4 Å². The molecule has 2 aromatic carbocycles. The fourth-order valence-electron chi connectivity index (χ4n) is 3.05. The molecule has 0 heterocycles. The van der Waals surface area contributed by atoms with E-state index in [1.165, 1.54) is 11.1 Å². The molecule has 0 spiro atoms. The summed E-state index contributed by atoms with van der Waals surface area (Å²) in [6, 6.07) is 13.8. The van der Waals surface area contributed by atoms with E-state index < -0.39 is 0 Å². The van der Waals surface area contributed by atoms with E-state index in [9.17, 15) is 4.79 Å². The minimum absolute atomic E-state index is 0. The van der Waals surface area contributed by atoms with Crippen LogP contribution in [0.3, 0.4) is 0 Å². The lowest BCUT2D eigenvalue weighted by Gasteiger charge is -2.27. The summed E-state index contributed by atoms with van der Waals surface area (Å²) in [7, 11) is 0. The molecule has 0 fully saturated rings. The van der Waals surface area contributed by atoms with Crippen LogP contribution in [0.4, 0.5) is 5.69 Å². The topological polar surface area (TPSA) is 55.1 Å². The molecule has 0 aliphatic heterocycles. The van der Waals surface area contributed by atoms with Crippen LogP contribution in [0.1, 0.15) is 45.9 Å². The Labute approximate surface area is 137 Å². The Bertz CT molecular complexity index is 685. The number of amides is 1. The monoisotopic (exact) mass is 316 g/mol. The number of nitrogens with two attached hydrogens (primary N) is 1. The van der Waals surface area contributed by atoms with Crippen molar-refractivity contribution in [1.82, 2.24) is 5.32 Å². The highest BCUT2D eigenvalue weighted by atomic mass is 35.5. The molecular formula is C18H21ClN2O. The summed E-state index contributed by atoms with van der Waals surface area (Å²) in [5.74, 6) is 0.00257. The summed E-state index contributed by atoms with van der Waals surface area (Å²) in [6.45, 7) is 1.96. The van der Waals surface area contributed by atoms with Gasteiger partial charge in [-0.2, -0.15) is 0 Å². The number of hydrogen-bond donors (Lipinski definition) is 2. The van der Waals surface area contributed by atoms with Crippen LogP contribution in [0, 0.1) is 6.92 Å². The van der Waals surface area contributed by atoms with Crippen LogP contribution in [-0.4, -0.2) is 5.91 Å². The lowest BCUT2D eigenvalue weighted by Crippen LogP contribution is -2.31. The minimum Gasteiger partial charge on any atom is -0.399 e. The molecule has 0 saturated carbocycles. The molecule has 4 heteroatoms. The molecule has 3 nitrogen and oxygen atoms in total. The molecule has 1 atom stereocenters. The fraction of sp³-hybridized carbons (Fsp3) is 0.278. The van der Waals surface area contributed by atoms with Crippen molar-refractivity contribution < 1.29 is 4.79 Å². The molecule has 116 valence electrons. The van der Waals surface area contributed by atoms with Gasteiger partial charge in [0.2, 0.25) is 0 Å². The second kappa shape index (κ2) is 6.84. The van der Waals surface area contributed by atoms with E-state index in [0.29, 0.717) is 0 Å². The van der Waals surface area contributed by atoms with E-state index >= 15 is 0 Å². The molecule has 0 aromatic heterocycles. The van der Waals surface area contributed by atoms with Gasteiger partial charge in [0, 0.05) is 11.3 Å². The average molecular weight is 317 g/mol. The zero-order chi connectivity index (χ0) is 14.8. The first kappa shape index (κ1) is 16.4. The Balaban J connectivity index is 0.00000176. The molecule has 22 heavy (non-hydrogen) atoms. The van der Waals surface area contributed by atoms with Gasteiger partial charge in [0.1, 0.15) is 0 Å². The first-order valence-corrected chi connectivity index (χ1v) is 7.40. The number of nitrogens with one attached hydrogen (secondary N) is 1. The number of halogens is 1. The minimum atomic E-state index is 0. The van der Waals surface area contributed by atoms with Gasteiger partial charge in [-0.1, -0.05) is 24.3 Å². The lowest BCUT2D eigenvalue weighted by atomic mass is 9.87. The second-order valence-corrected chi connectivity index (χ2v) is 5.69. The number of nitrogen functional groups attached to an aromatic ring is 1. The molecular weight excluding hydrogens is 296 g/mol. The van der Waals surface area contributed by atoms with Gasteiger partial charge in [-0.05, 0) is 61.1 Å². The predicted octanol–water partition coefficient (Wildman–Crippen LogP) is 3.81. The quantitative estimate of drug-likeness (QED) is 0.828. The smallest absolute Gasteiger partial charge is 0.252 e. The summed E-state index contributed by atoms with van der Waals surface area (Å²) in [4.78, 5) is 12.5. The number of rotatable bonds is 2. The molecule has 1 amide bonds. The maximum atomic E-state index is 12.5. The van der Waals surface area contributed by atoms with Crippen LogP contribution in [0.2, 0.25) is 0 Å². The largest absolute Gasteiger partial charge is 0.399 e. The zero-order valence-corrected chi connectivity index (χ0v) is 13.5. The molecule has 1 unspecified atom stereocenters. The maximum Gasteiger partial charge on any atom is 0.252 e. The van der Waals surface area contributed by atoms with E-state index in [1.807, 2.05) is 49.4 Å². The number of carbonyl (C=O) groups excluding carboxylic acids is 1. The number of fused-ring (bicyclic) bond motifs is 1. The first-order chi connectivity index (χ1) is 10.1. The molecule has 0 bridgehead atoms. The number of carbonyl (C=O) groups is 1. The first-order valence-electron chi connectivity index (χ1n) is 7.40. The van der Waals surface area contributed by atoms with Crippen molar-refractivity contribution in [2.45, 2.75) is 32.2 Å². The summed E-state index contributed by atoms with van der Waals surface area (Å²) in [6.07, 6.45) is 3.10. The summed E-state index contributed by atoms with van der Waals surface area (Å²) in [5, 5.41) is 3.17. The average Bonchev–Trinajstić information content (AvgIpc) is 2.47. The Morgan fingerprint density at radius 1 is 1.23 bits per heavy atom. The Morgan fingerprint density at radius 3 is 2.77 bits per heavy atom. The van der Waals surface area contributed by atoms with Crippen molar-refractivity contribution in [3.63, 3.8) is 0 Å². The van der Waals surface area contributed by atoms with Gasteiger partial charge < -0.3 is 11.1 Å². The number of hydrogen-bond acceptors (Lipinski definition) is 2. The summed E-state index contributed by atoms with van der Waals surface area (Å²) >= 11 is 0. The van der Waals surface area contributed by atoms with Crippen molar-refractivity contribution in [3.05, 3.63) is 64.7 Å². The van der Waals surface area contributed by atoms with Crippen LogP contribution in [0.25, 0.3) is 0 Å². The maximum absolute atomic E-state index is 12.5. The molecule has 1 aliphatic carbocycles. The standard InChI is InChI=1S/C18H20N2O.ClH/c1-12-5-2-3-7-15(12)18(21)20-17-8-4-6-13-11-14(19)9-10-16(13)17;/h2-3,5,7,9-11,17H,4,6,8,19H2,1H3,(H,20,21);1H. The highest BCUT2D eigenvalue weighted by molar-refractivity contribution is 5.95. The lowest BCUT2D eigenvalue weighted by molar-refractivity contribution is 0.0932. The Morgan fingerprint density at radius 2 is 2.00 bits per heavy atom. The van der Waals surface area contributed by atoms with Gasteiger partial charge in [0.15, 0.2) is 0 Å². The zero-order valence-electron chi connectivity index (χ0n) is 12.6. The van der Waals surface area contributed by atoms with Gasteiger partial charge in [0.05, 0.1) is 6.04 Å². The molecule has 2 aromatic rings. The van der Waals surface area contributed by atoms with Crippen molar-refractivity contribution in [2.24, 2.45) is 0 Å². The van der Waals surface area contributed by atoms with Crippen molar-refractivity contribution in [2.75, 3.05) is 5.73 Å². The summed E-state index contributed by atoms with van der Waals surface area (Å²) in [5.41, 5.74) is 10.9. The van der Waals surface area contributed by atoms with Crippen molar-refractivity contribution >= 4 is 24.0 Å². The molecule has 3 N–H and O–H groups in total. The number of anilines is 1. The SMILES string of the molecule is Cc1ccccc1C(=O)NC1CCCc2cc(N)ccc21.Cl. The third kappa shape index (κ3) is 3.25. The van der Waals surface area contributed by atoms with Crippen LogP contribution < -0.4 is 11.1 Å². The third-order valence-corrected chi connectivity index (χ3v) is 4.18. The highest BCUT2D eigenvalue weighted by Crippen LogP contribution is 2.31. The van der Waals surface area contributed by atoms with Crippen LogP contribution in [0.15, 0.2) is 42.5 Å². The van der Waals surface area contributed by atoms with Gasteiger partial charge in [-0.25, -0.2) is 0 Å². The van der Waals surface area contributed by atoms with Crippen molar-refractivity contribution in [1.29, 1.82) is 0 Å². The Kier molecular flexibility index (Phi) is 5.09. The predicted molar refractivity (Wildman–Crippen MR) is 92.4 cm³/mol. The highest BCUT2D eigenvalue weighted by Gasteiger charge is 2.22. The van der Waals surface area contributed by atoms with E-state index in [1.54, 1.807) is 0 Å². The fourth-order valence-corrected chi connectivity index (χ4v) is 3.05. The van der Waals surface area contributed by atoms with Gasteiger partial charge in [-0.15, -0.1) is 12.4 Å². The van der Waals surface area contributed by atoms with E-state index in [0.717, 1.165) is 36.1 Å². The summed E-state index contributed by atoms with van der Waals surface area (Å²) < 4.78 is 0. The van der Waals surface area contributed by atoms with E-state index in [4.69, 9.17) is 5.73 Å². The molecule has 1 aliphatic rings. The van der Waals surface area contributed by atoms with Crippen LogP contribution in [-0.2, 0) is 6.42 Å². The third-order valence-electron chi connectivity index (χ3n) is 4.18. The number of benzene rings is 2. The molecule has 0 saturated heterocycles. The van der Waals surface area contributed by atoms with Gasteiger partial charge in [-0.3, -0.25) is 4.79 Å². The molecule has 3 rings (SSSR count).